The van der Waals surface area contributed by atoms with Crippen molar-refractivity contribution in [3.05, 3.63) is 52.5 Å². The van der Waals surface area contributed by atoms with Gasteiger partial charge in [0.25, 0.3) is 0 Å². The van der Waals surface area contributed by atoms with E-state index in [1.54, 1.807) is 36.4 Å². The van der Waals surface area contributed by atoms with Crippen LogP contribution in [0.3, 0.4) is 0 Å². The summed E-state index contributed by atoms with van der Waals surface area (Å²) < 4.78 is 40.5. The van der Waals surface area contributed by atoms with Crippen LogP contribution >= 0.6 is 15.9 Å². The third-order valence-electron chi connectivity index (χ3n) is 5.02. The number of carbonyl (C=O) groups is 1. The van der Waals surface area contributed by atoms with Crippen molar-refractivity contribution in [2.75, 3.05) is 6.61 Å². The summed E-state index contributed by atoms with van der Waals surface area (Å²) in [6.07, 6.45) is 1.19. The second-order valence-electron chi connectivity index (χ2n) is 6.80. The molecule has 0 bridgehead atoms. The van der Waals surface area contributed by atoms with E-state index in [2.05, 4.69) is 20.7 Å². The van der Waals surface area contributed by atoms with Gasteiger partial charge in [-0.25, -0.2) is 17.9 Å². The van der Waals surface area contributed by atoms with Gasteiger partial charge < -0.3 is 14.6 Å². The van der Waals surface area contributed by atoms with E-state index < -0.39 is 22.6 Å². The van der Waals surface area contributed by atoms with Crippen molar-refractivity contribution < 1.29 is 27.8 Å². The highest BCUT2D eigenvalue weighted by Crippen LogP contribution is 2.51. The monoisotopic (exact) mass is 467 g/mol. The number of hydrogen-bond acceptors (Lipinski definition) is 5. The van der Waals surface area contributed by atoms with E-state index in [-0.39, 0.29) is 23.0 Å². The first-order valence-corrected chi connectivity index (χ1v) is 11.0. The lowest BCUT2D eigenvalue weighted by Gasteiger charge is -2.19. The number of aliphatic carboxylic acids is 1. The average Bonchev–Trinajstić information content (AvgIpc) is 3.20. The third-order valence-corrected chi connectivity index (χ3v) is 7.05. The highest BCUT2D eigenvalue weighted by atomic mass is 79.9. The molecule has 148 valence electrons. The molecule has 0 saturated heterocycles. The molecule has 28 heavy (non-hydrogen) atoms. The van der Waals surface area contributed by atoms with Crippen LogP contribution in [0.2, 0.25) is 0 Å². The summed E-state index contributed by atoms with van der Waals surface area (Å²) in [5, 5.41) is 8.83. The number of benzene rings is 2. The molecule has 2 aromatic carbocycles. The summed E-state index contributed by atoms with van der Waals surface area (Å²) in [5.41, 5.74) is 0.842. The van der Waals surface area contributed by atoms with Crippen molar-refractivity contribution in [1.29, 1.82) is 0 Å². The lowest BCUT2D eigenvalue weighted by molar-refractivity contribution is -0.139. The predicted octanol–water partition coefficient (Wildman–Crippen LogP) is 2.90. The van der Waals surface area contributed by atoms with Crippen molar-refractivity contribution in [3.63, 3.8) is 0 Å². The Morgan fingerprint density at radius 2 is 1.96 bits per heavy atom. The van der Waals surface area contributed by atoms with E-state index in [0.29, 0.717) is 24.3 Å². The van der Waals surface area contributed by atoms with Gasteiger partial charge in [-0.3, -0.25) is 0 Å². The molecule has 0 aromatic heterocycles. The fraction of sp³-hybridized carbons (Fsp3) is 0.316. The summed E-state index contributed by atoms with van der Waals surface area (Å²) in [4.78, 5) is 11.0. The summed E-state index contributed by atoms with van der Waals surface area (Å²) in [6, 6.07) is 11.5. The molecule has 2 aromatic rings. The molecule has 2 aliphatic rings. The number of halogens is 1. The van der Waals surface area contributed by atoms with Crippen molar-refractivity contribution in [1.82, 2.24) is 4.72 Å². The standard InChI is InChI=1S/C19H18BrNO6S/c20-11-4-6-12(7-5-11)28(24,25)21-14-8-9-15-18(14)13-2-1-3-16(19(13)27-15)26-10-17(22)23/h1-7,14-15,18,21H,8-10H2,(H,22,23). The van der Waals surface area contributed by atoms with E-state index >= 15 is 0 Å². The minimum Gasteiger partial charge on any atom is -0.486 e. The first kappa shape index (κ1) is 19.2. The number of carboxylic acids is 1. The van der Waals surface area contributed by atoms with Crippen LogP contribution in [0.25, 0.3) is 0 Å². The largest absolute Gasteiger partial charge is 0.486 e. The molecule has 9 heteroatoms. The molecular formula is C19H18BrNO6S. The van der Waals surface area contributed by atoms with Crippen LogP contribution < -0.4 is 14.2 Å². The van der Waals surface area contributed by atoms with Crippen LogP contribution in [0.5, 0.6) is 11.5 Å². The highest BCUT2D eigenvalue weighted by molar-refractivity contribution is 9.10. The minimum absolute atomic E-state index is 0.145. The van der Waals surface area contributed by atoms with E-state index in [4.69, 9.17) is 14.6 Å². The zero-order valence-electron chi connectivity index (χ0n) is 14.7. The Morgan fingerprint density at radius 1 is 1.21 bits per heavy atom. The number of sulfonamides is 1. The SMILES string of the molecule is O=C(O)COc1cccc2c1OC1CCC(NS(=O)(=O)c3ccc(Br)cc3)C21. The van der Waals surface area contributed by atoms with Crippen LogP contribution in [0, 0.1) is 0 Å². The van der Waals surface area contributed by atoms with Gasteiger partial charge in [0, 0.05) is 22.0 Å². The van der Waals surface area contributed by atoms with Gasteiger partial charge in [-0.15, -0.1) is 0 Å². The first-order valence-electron chi connectivity index (χ1n) is 8.77. The molecule has 3 unspecified atom stereocenters. The number of rotatable bonds is 6. The molecule has 1 fully saturated rings. The van der Waals surface area contributed by atoms with Gasteiger partial charge in [0.1, 0.15) is 6.10 Å². The second-order valence-corrected chi connectivity index (χ2v) is 9.43. The lowest BCUT2D eigenvalue weighted by atomic mass is 9.94. The molecule has 1 aliphatic heterocycles. The number of ether oxygens (including phenoxy) is 2. The van der Waals surface area contributed by atoms with Gasteiger partial charge in [-0.1, -0.05) is 28.1 Å². The fourth-order valence-electron chi connectivity index (χ4n) is 3.85. The number of para-hydroxylation sites is 1. The Hall–Kier alpha value is -2.10. The van der Waals surface area contributed by atoms with Crippen LogP contribution in [0.1, 0.15) is 24.3 Å². The molecule has 0 spiro atoms. The van der Waals surface area contributed by atoms with Crippen molar-refractivity contribution in [2.24, 2.45) is 0 Å². The minimum atomic E-state index is -3.67. The number of hydrogen-bond donors (Lipinski definition) is 2. The maximum Gasteiger partial charge on any atom is 0.341 e. The molecule has 3 atom stereocenters. The Labute approximate surface area is 170 Å². The Balaban J connectivity index is 1.58. The molecule has 4 rings (SSSR count). The summed E-state index contributed by atoms with van der Waals surface area (Å²) in [5.74, 6) is -0.348. The van der Waals surface area contributed by atoms with Gasteiger partial charge >= 0.3 is 5.97 Å². The molecule has 1 aliphatic carbocycles. The lowest BCUT2D eigenvalue weighted by Crippen LogP contribution is -2.37. The van der Waals surface area contributed by atoms with E-state index in [9.17, 15) is 13.2 Å². The van der Waals surface area contributed by atoms with Gasteiger partial charge in [-0.05, 0) is 43.2 Å². The van der Waals surface area contributed by atoms with Crippen molar-refractivity contribution >= 4 is 31.9 Å². The second kappa shape index (κ2) is 7.38. The molecule has 0 amide bonds. The Morgan fingerprint density at radius 3 is 2.68 bits per heavy atom. The number of carboxylic acid groups (broad SMARTS) is 1. The van der Waals surface area contributed by atoms with Crippen LogP contribution in [-0.2, 0) is 14.8 Å². The molecular weight excluding hydrogens is 450 g/mol. The Kier molecular flexibility index (Phi) is 5.07. The zero-order chi connectivity index (χ0) is 19.9. The smallest absolute Gasteiger partial charge is 0.341 e. The van der Waals surface area contributed by atoms with Gasteiger partial charge in [-0.2, -0.15) is 0 Å². The molecule has 0 radical (unpaired) electrons. The van der Waals surface area contributed by atoms with Crippen LogP contribution in [0.15, 0.2) is 51.8 Å². The Bertz CT molecular complexity index is 1010. The summed E-state index contributed by atoms with van der Waals surface area (Å²) >= 11 is 3.30. The van der Waals surface area contributed by atoms with Gasteiger partial charge in [0.15, 0.2) is 18.1 Å². The maximum atomic E-state index is 12.8. The summed E-state index contributed by atoms with van der Waals surface area (Å²) in [7, 11) is -3.67. The predicted molar refractivity (Wildman–Crippen MR) is 104 cm³/mol. The zero-order valence-corrected chi connectivity index (χ0v) is 17.1. The molecule has 2 N–H and O–H groups in total. The van der Waals surface area contributed by atoms with Gasteiger partial charge in [0.05, 0.1) is 4.90 Å². The van der Waals surface area contributed by atoms with Crippen LogP contribution in [0.4, 0.5) is 0 Å². The van der Waals surface area contributed by atoms with E-state index in [0.717, 1.165) is 10.0 Å². The highest BCUT2D eigenvalue weighted by Gasteiger charge is 2.47. The normalized spacial score (nSPS) is 23.0. The fourth-order valence-corrected chi connectivity index (χ4v) is 5.41. The molecule has 7 nitrogen and oxygen atoms in total. The number of fused-ring (bicyclic) bond motifs is 3. The van der Waals surface area contributed by atoms with Crippen LogP contribution in [-0.4, -0.2) is 38.2 Å². The molecule has 1 saturated carbocycles. The van der Waals surface area contributed by atoms with Crippen molar-refractivity contribution in [3.8, 4) is 11.5 Å². The third kappa shape index (κ3) is 3.61. The van der Waals surface area contributed by atoms with Crippen molar-refractivity contribution in [2.45, 2.75) is 35.8 Å². The molecule has 1 heterocycles. The first-order chi connectivity index (χ1) is 13.3. The average molecular weight is 468 g/mol. The van der Waals surface area contributed by atoms with E-state index in [1.165, 1.54) is 0 Å². The maximum absolute atomic E-state index is 12.8. The van der Waals surface area contributed by atoms with Gasteiger partial charge in [0.2, 0.25) is 10.0 Å². The van der Waals surface area contributed by atoms with E-state index in [1.807, 2.05) is 6.07 Å². The topological polar surface area (TPSA) is 102 Å². The quantitative estimate of drug-likeness (QED) is 0.676. The summed E-state index contributed by atoms with van der Waals surface area (Å²) in [6.45, 7) is -0.464. The number of nitrogens with one attached hydrogen (secondary N) is 1.